The normalized spacial score (nSPS) is 10.3. The summed E-state index contributed by atoms with van der Waals surface area (Å²) in [5, 5.41) is 17.8. The first-order valence-electron chi connectivity index (χ1n) is 7.35. The fraction of sp³-hybridized carbons (Fsp3) is 0.0625. The van der Waals surface area contributed by atoms with Crippen molar-refractivity contribution in [1.29, 1.82) is 0 Å². The summed E-state index contributed by atoms with van der Waals surface area (Å²) in [6.45, 7) is 0. The highest BCUT2D eigenvalue weighted by Gasteiger charge is 2.13. The monoisotopic (exact) mass is 372 g/mol. The predicted molar refractivity (Wildman–Crippen MR) is 94.2 cm³/mol. The molecule has 2 aromatic heterocycles. The van der Waals surface area contributed by atoms with Crippen LogP contribution in [-0.2, 0) is 11.2 Å². The number of carbonyl (C=O) groups excluding carboxylic acids is 2. The highest BCUT2D eigenvalue weighted by atomic mass is 32.1. The molecule has 0 fully saturated rings. The van der Waals surface area contributed by atoms with Gasteiger partial charge in [-0.15, -0.1) is 11.3 Å². The molecule has 2 heterocycles. The van der Waals surface area contributed by atoms with Crippen molar-refractivity contribution in [2.24, 2.45) is 0 Å². The van der Waals surface area contributed by atoms with Gasteiger partial charge in [0.25, 0.3) is 11.6 Å². The number of nitro groups is 1. The molecule has 0 bridgehead atoms. The van der Waals surface area contributed by atoms with Gasteiger partial charge in [0.2, 0.25) is 5.91 Å². The van der Waals surface area contributed by atoms with Crippen LogP contribution in [0.3, 0.4) is 0 Å². The molecule has 0 aliphatic rings. The fourth-order valence-corrected chi connectivity index (χ4v) is 2.75. The van der Waals surface area contributed by atoms with Crippen molar-refractivity contribution in [2.75, 3.05) is 10.6 Å². The third-order valence-electron chi connectivity index (χ3n) is 3.22. The molecule has 26 heavy (non-hydrogen) atoms. The van der Waals surface area contributed by atoms with Gasteiger partial charge in [0, 0.05) is 23.2 Å². The lowest BCUT2D eigenvalue weighted by atomic mass is 10.2. The standard InChI is InChI=1S/C16H12N4O5S/c21-14(17-10-3-5-12(6-4-10)20(23)24)8-11-9-26-16(18-11)19-15(22)13-2-1-7-25-13/h1-7,9H,8H2,(H,17,21)(H,18,19,22). The second-order valence-electron chi connectivity index (χ2n) is 5.10. The zero-order valence-corrected chi connectivity index (χ0v) is 14.0. The Hall–Kier alpha value is -3.53. The summed E-state index contributed by atoms with van der Waals surface area (Å²) < 4.78 is 4.99. The topological polar surface area (TPSA) is 127 Å². The fourth-order valence-electron chi connectivity index (χ4n) is 2.05. The highest BCUT2D eigenvalue weighted by molar-refractivity contribution is 7.14. The van der Waals surface area contributed by atoms with E-state index in [2.05, 4.69) is 15.6 Å². The number of thiazole rings is 1. The average molecular weight is 372 g/mol. The molecule has 10 heteroatoms. The van der Waals surface area contributed by atoms with Gasteiger partial charge in [-0.05, 0) is 24.3 Å². The Morgan fingerprint density at radius 1 is 1.19 bits per heavy atom. The minimum absolute atomic E-state index is 0.00408. The number of anilines is 2. The SMILES string of the molecule is O=C(Cc1csc(NC(=O)c2ccco2)n1)Nc1ccc([N+](=O)[O-])cc1. The maximum absolute atomic E-state index is 12.0. The van der Waals surface area contributed by atoms with Gasteiger partial charge in [0.05, 0.1) is 23.3 Å². The summed E-state index contributed by atoms with van der Waals surface area (Å²) in [7, 11) is 0. The van der Waals surface area contributed by atoms with Gasteiger partial charge in [-0.3, -0.25) is 25.0 Å². The zero-order chi connectivity index (χ0) is 18.5. The van der Waals surface area contributed by atoms with Crippen molar-refractivity contribution in [3.05, 3.63) is 69.6 Å². The molecule has 3 rings (SSSR count). The third kappa shape index (κ3) is 4.30. The van der Waals surface area contributed by atoms with Crippen molar-refractivity contribution >= 4 is 39.7 Å². The van der Waals surface area contributed by atoms with Crippen LogP contribution in [0.25, 0.3) is 0 Å². The first-order valence-corrected chi connectivity index (χ1v) is 8.23. The maximum atomic E-state index is 12.0. The van der Waals surface area contributed by atoms with Crippen LogP contribution in [0.2, 0.25) is 0 Å². The molecule has 2 N–H and O–H groups in total. The van der Waals surface area contributed by atoms with Crippen LogP contribution < -0.4 is 10.6 Å². The number of nitro benzene ring substituents is 1. The number of nitrogens with zero attached hydrogens (tertiary/aromatic N) is 2. The molecule has 0 aliphatic carbocycles. The van der Waals surface area contributed by atoms with Crippen molar-refractivity contribution in [2.45, 2.75) is 6.42 Å². The van der Waals surface area contributed by atoms with Crippen LogP contribution in [0.15, 0.2) is 52.5 Å². The van der Waals surface area contributed by atoms with E-state index in [-0.39, 0.29) is 23.8 Å². The molecule has 0 saturated carbocycles. The molecule has 9 nitrogen and oxygen atoms in total. The van der Waals surface area contributed by atoms with Crippen molar-refractivity contribution < 1.29 is 18.9 Å². The number of amides is 2. The number of nitrogens with one attached hydrogen (secondary N) is 2. The highest BCUT2D eigenvalue weighted by Crippen LogP contribution is 2.18. The lowest BCUT2D eigenvalue weighted by Gasteiger charge is -2.03. The van der Waals surface area contributed by atoms with Crippen LogP contribution in [0.4, 0.5) is 16.5 Å². The van der Waals surface area contributed by atoms with E-state index in [4.69, 9.17) is 4.42 Å². The van der Waals surface area contributed by atoms with E-state index >= 15 is 0 Å². The average Bonchev–Trinajstić information content (AvgIpc) is 3.27. The summed E-state index contributed by atoms with van der Waals surface area (Å²) in [6.07, 6.45) is 1.40. The second-order valence-corrected chi connectivity index (χ2v) is 5.96. The summed E-state index contributed by atoms with van der Waals surface area (Å²) in [4.78, 5) is 38.2. The van der Waals surface area contributed by atoms with Gasteiger partial charge in [-0.1, -0.05) is 0 Å². The second kappa shape index (κ2) is 7.57. The molecule has 0 spiro atoms. The van der Waals surface area contributed by atoms with E-state index < -0.39 is 10.8 Å². The van der Waals surface area contributed by atoms with Gasteiger partial charge in [0.15, 0.2) is 10.9 Å². The first kappa shape index (κ1) is 17.3. The summed E-state index contributed by atoms with van der Waals surface area (Å²) in [5.74, 6) is -0.586. The van der Waals surface area contributed by atoms with Crippen LogP contribution in [0.5, 0.6) is 0 Å². The van der Waals surface area contributed by atoms with E-state index in [1.807, 2.05) is 0 Å². The number of furan rings is 1. The number of rotatable bonds is 6. The molecule has 0 unspecified atom stereocenters. The number of hydrogen-bond donors (Lipinski definition) is 2. The molecule has 0 saturated heterocycles. The van der Waals surface area contributed by atoms with Gasteiger partial charge >= 0.3 is 0 Å². The number of non-ortho nitro benzene ring substituents is 1. The maximum Gasteiger partial charge on any atom is 0.293 e. The number of aromatic nitrogens is 1. The molecular formula is C16H12N4O5S. The van der Waals surface area contributed by atoms with Crippen LogP contribution >= 0.6 is 11.3 Å². The molecular weight excluding hydrogens is 360 g/mol. The van der Waals surface area contributed by atoms with Crippen molar-refractivity contribution in [3.63, 3.8) is 0 Å². The molecule has 0 atom stereocenters. The molecule has 3 aromatic rings. The summed E-state index contributed by atoms with van der Waals surface area (Å²) in [6, 6.07) is 8.64. The molecule has 0 radical (unpaired) electrons. The molecule has 132 valence electrons. The Bertz CT molecular complexity index is 934. The van der Waals surface area contributed by atoms with Gasteiger partial charge < -0.3 is 9.73 Å². The first-order chi connectivity index (χ1) is 12.5. The Morgan fingerprint density at radius 2 is 1.96 bits per heavy atom. The van der Waals surface area contributed by atoms with Crippen molar-refractivity contribution in [3.8, 4) is 0 Å². The number of benzene rings is 1. The van der Waals surface area contributed by atoms with E-state index in [1.165, 1.54) is 47.9 Å². The van der Waals surface area contributed by atoms with Gasteiger partial charge in [-0.2, -0.15) is 0 Å². The molecule has 1 aromatic carbocycles. The largest absolute Gasteiger partial charge is 0.459 e. The quantitative estimate of drug-likeness (QED) is 0.505. The van der Waals surface area contributed by atoms with E-state index in [0.717, 1.165) is 0 Å². The van der Waals surface area contributed by atoms with Crippen LogP contribution in [0, 0.1) is 10.1 Å². The van der Waals surface area contributed by atoms with Crippen molar-refractivity contribution in [1.82, 2.24) is 4.98 Å². The summed E-state index contributed by atoms with van der Waals surface area (Å²) in [5.41, 5.74) is 0.880. The lowest BCUT2D eigenvalue weighted by Crippen LogP contribution is -2.15. The Kier molecular flexibility index (Phi) is 5.04. The third-order valence-corrected chi connectivity index (χ3v) is 4.03. The minimum Gasteiger partial charge on any atom is -0.459 e. The number of hydrogen-bond acceptors (Lipinski definition) is 7. The Morgan fingerprint density at radius 3 is 2.62 bits per heavy atom. The minimum atomic E-state index is -0.514. The molecule has 2 amide bonds. The Balaban J connectivity index is 1.55. The van der Waals surface area contributed by atoms with Gasteiger partial charge in [-0.25, -0.2) is 4.98 Å². The van der Waals surface area contributed by atoms with Crippen LogP contribution in [-0.4, -0.2) is 21.7 Å². The predicted octanol–water partition coefficient (Wildman–Crippen LogP) is 3.08. The van der Waals surface area contributed by atoms with E-state index in [9.17, 15) is 19.7 Å². The number of carbonyl (C=O) groups is 2. The molecule has 0 aliphatic heterocycles. The van der Waals surface area contributed by atoms with Crippen LogP contribution in [0.1, 0.15) is 16.2 Å². The zero-order valence-electron chi connectivity index (χ0n) is 13.2. The van der Waals surface area contributed by atoms with E-state index in [0.29, 0.717) is 16.5 Å². The summed E-state index contributed by atoms with van der Waals surface area (Å²) >= 11 is 1.19. The van der Waals surface area contributed by atoms with Gasteiger partial charge in [0.1, 0.15) is 0 Å². The lowest BCUT2D eigenvalue weighted by molar-refractivity contribution is -0.384. The van der Waals surface area contributed by atoms with E-state index in [1.54, 1.807) is 11.4 Å². The Labute approximate surface area is 150 Å². The smallest absolute Gasteiger partial charge is 0.293 e.